The Hall–Kier alpha value is -2.59. The van der Waals surface area contributed by atoms with E-state index in [4.69, 9.17) is 4.98 Å². The van der Waals surface area contributed by atoms with Gasteiger partial charge in [0.15, 0.2) is 11.7 Å². The smallest absolute Gasteiger partial charge is 0.229 e. The van der Waals surface area contributed by atoms with Crippen LogP contribution in [0.5, 0.6) is 0 Å². The van der Waals surface area contributed by atoms with Crippen LogP contribution in [0, 0.1) is 12.7 Å². The normalized spacial score (nSPS) is 11.1. The number of benzene rings is 2. The van der Waals surface area contributed by atoms with Gasteiger partial charge in [0.05, 0.1) is 10.3 Å². The summed E-state index contributed by atoms with van der Waals surface area (Å²) in [6.07, 6.45) is 2.07. The van der Waals surface area contributed by atoms with E-state index in [-0.39, 0.29) is 5.82 Å². The van der Waals surface area contributed by atoms with Gasteiger partial charge in [0, 0.05) is 11.6 Å². The molecule has 0 unspecified atom stereocenters. The fraction of sp³-hybridized carbons (Fsp3) is 0.100. The topological polar surface area (TPSA) is 16.8 Å². The highest BCUT2D eigenvalue weighted by Crippen LogP contribution is 2.34. The maximum absolute atomic E-state index is 13.2. The molecular weight excluding hydrogens is 319 g/mol. The second-order valence-electron chi connectivity index (χ2n) is 5.83. The molecule has 0 saturated carbocycles. The first-order chi connectivity index (χ1) is 11.6. The SMILES string of the molecule is Cc1ccccc1-c1c2nc(-c3ccc(F)cc3)sc2cc[n+]1C. The Morgan fingerprint density at radius 2 is 1.75 bits per heavy atom. The van der Waals surface area contributed by atoms with Gasteiger partial charge in [-0.15, -0.1) is 11.3 Å². The van der Waals surface area contributed by atoms with Crippen LogP contribution in [0.1, 0.15) is 5.56 Å². The third-order valence-corrected chi connectivity index (χ3v) is 5.24. The predicted octanol–water partition coefficient (Wildman–Crippen LogP) is 4.90. The lowest BCUT2D eigenvalue weighted by molar-refractivity contribution is -0.659. The van der Waals surface area contributed by atoms with Gasteiger partial charge in [-0.25, -0.2) is 9.37 Å². The monoisotopic (exact) mass is 335 g/mol. The molecule has 2 aromatic heterocycles. The molecule has 0 atom stereocenters. The summed E-state index contributed by atoms with van der Waals surface area (Å²) in [7, 11) is 2.04. The number of aromatic nitrogens is 2. The standard InChI is InChI=1S/C20H16FN2S/c1-13-5-3-4-6-16(13)19-18-17(11-12-23(19)2)24-20(22-18)14-7-9-15(21)10-8-14/h3-12H,1-2H3/q+1. The van der Waals surface area contributed by atoms with Gasteiger partial charge in [0.25, 0.3) is 0 Å². The fourth-order valence-electron chi connectivity index (χ4n) is 2.91. The number of nitrogens with zero attached hydrogens (tertiary/aromatic N) is 2. The van der Waals surface area contributed by atoms with E-state index in [1.807, 2.05) is 13.1 Å². The highest BCUT2D eigenvalue weighted by Gasteiger charge is 2.20. The fourth-order valence-corrected chi connectivity index (χ4v) is 3.87. The van der Waals surface area contributed by atoms with Crippen LogP contribution in [-0.4, -0.2) is 4.98 Å². The lowest BCUT2D eigenvalue weighted by Crippen LogP contribution is -2.30. The summed E-state index contributed by atoms with van der Waals surface area (Å²) in [5.74, 6) is -0.230. The third-order valence-electron chi connectivity index (χ3n) is 4.17. The Kier molecular flexibility index (Phi) is 3.62. The zero-order valence-corrected chi connectivity index (χ0v) is 14.3. The Morgan fingerprint density at radius 1 is 1.00 bits per heavy atom. The van der Waals surface area contributed by atoms with Crippen LogP contribution < -0.4 is 4.57 Å². The first kappa shape index (κ1) is 15.0. The average molecular weight is 335 g/mol. The van der Waals surface area contributed by atoms with Crippen molar-refractivity contribution in [3.63, 3.8) is 0 Å². The Labute approximate surface area is 143 Å². The van der Waals surface area contributed by atoms with Crippen molar-refractivity contribution in [2.45, 2.75) is 6.92 Å². The molecule has 0 spiro atoms. The molecule has 0 aliphatic heterocycles. The van der Waals surface area contributed by atoms with Gasteiger partial charge in [0.1, 0.15) is 17.9 Å². The van der Waals surface area contributed by atoms with Crippen molar-refractivity contribution in [1.82, 2.24) is 4.98 Å². The maximum Gasteiger partial charge on any atom is 0.239 e. The molecule has 0 fully saturated rings. The summed E-state index contributed by atoms with van der Waals surface area (Å²) >= 11 is 1.63. The highest BCUT2D eigenvalue weighted by atomic mass is 32.1. The van der Waals surface area contributed by atoms with Crippen molar-refractivity contribution >= 4 is 21.6 Å². The number of rotatable bonds is 2. The Balaban J connectivity index is 1.96. The summed E-state index contributed by atoms with van der Waals surface area (Å²) in [6, 6.07) is 16.9. The molecular formula is C20H16FN2S+. The number of hydrogen-bond donors (Lipinski definition) is 0. The lowest BCUT2D eigenvalue weighted by Gasteiger charge is -2.04. The Bertz CT molecular complexity index is 1040. The molecule has 4 rings (SSSR count). The second kappa shape index (κ2) is 5.80. The Morgan fingerprint density at radius 3 is 2.50 bits per heavy atom. The van der Waals surface area contributed by atoms with E-state index in [1.165, 1.54) is 23.3 Å². The van der Waals surface area contributed by atoms with Crippen LogP contribution in [0.4, 0.5) is 4.39 Å². The average Bonchev–Trinajstić information content (AvgIpc) is 3.01. The second-order valence-corrected chi connectivity index (χ2v) is 6.86. The van der Waals surface area contributed by atoms with E-state index in [9.17, 15) is 4.39 Å². The summed E-state index contributed by atoms with van der Waals surface area (Å²) in [5.41, 5.74) is 5.43. The molecule has 0 aliphatic rings. The van der Waals surface area contributed by atoms with E-state index >= 15 is 0 Å². The van der Waals surface area contributed by atoms with Crippen molar-refractivity contribution in [2.24, 2.45) is 7.05 Å². The van der Waals surface area contributed by atoms with Crippen LogP contribution in [0.25, 0.3) is 32.0 Å². The minimum Gasteiger partial charge on any atom is -0.229 e. The van der Waals surface area contributed by atoms with Crippen LogP contribution >= 0.6 is 11.3 Å². The van der Waals surface area contributed by atoms with Gasteiger partial charge in [-0.1, -0.05) is 18.2 Å². The number of thiazole rings is 1. The largest absolute Gasteiger partial charge is 0.239 e. The lowest BCUT2D eigenvalue weighted by atomic mass is 10.0. The van der Waals surface area contributed by atoms with Gasteiger partial charge >= 0.3 is 0 Å². The maximum atomic E-state index is 13.2. The summed E-state index contributed by atoms with van der Waals surface area (Å²) in [6.45, 7) is 2.11. The van der Waals surface area contributed by atoms with Gasteiger partial charge in [-0.05, 0) is 42.8 Å². The zero-order valence-electron chi connectivity index (χ0n) is 13.5. The molecule has 0 aliphatic carbocycles. The van der Waals surface area contributed by atoms with Crippen molar-refractivity contribution in [3.8, 4) is 21.8 Å². The molecule has 2 nitrogen and oxygen atoms in total. The molecule has 0 saturated heterocycles. The summed E-state index contributed by atoms with van der Waals surface area (Å²) in [5, 5.41) is 0.908. The van der Waals surface area contributed by atoms with Crippen molar-refractivity contribution in [3.05, 3.63) is 72.2 Å². The van der Waals surface area contributed by atoms with Gasteiger partial charge < -0.3 is 0 Å². The summed E-state index contributed by atoms with van der Waals surface area (Å²) < 4.78 is 16.4. The molecule has 2 aromatic carbocycles. The zero-order chi connectivity index (χ0) is 16.7. The van der Waals surface area contributed by atoms with E-state index in [1.54, 1.807) is 23.5 Å². The van der Waals surface area contributed by atoms with Gasteiger partial charge in [0.2, 0.25) is 5.69 Å². The molecule has 2 heterocycles. The first-order valence-electron chi connectivity index (χ1n) is 7.74. The van der Waals surface area contributed by atoms with Crippen molar-refractivity contribution in [2.75, 3.05) is 0 Å². The van der Waals surface area contributed by atoms with E-state index in [2.05, 4.69) is 42.0 Å². The van der Waals surface area contributed by atoms with Crippen molar-refractivity contribution < 1.29 is 8.96 Å². The molecule has 4 heteroatoms. The number of fused-ring (bicyclic) bond motifs is 1. The van der Waals surface area contributed by atoms with Gasteiger partial charge in [-0.2, -0.15) is 4.57 Å². The molecule has 4 aromatic rings. The molecule has 0 bridgehead atoms. The highest BCUT2D eigenvalue weighted by molar-refractivity contribution is 7.21. The minimum atomic E-state index is -0.230. The first-order valence-corrected chi connectivity index (χ1v) is 8.56. The molecule has 118 valence electrons. The van der Waals surface area contributed by atoms with Crippen LogP contribution in [0.15, 0.2) is 60.8 Å². The number of hydrogen-bond acceptors (Lipinski definition) is 2. The molecule has 24 heavy (non-hydrogen) atoms. The quantitative estimate of drug-likeness (QED) is 0.476. The number of aryl methyl sites for hydroxylation is 2. The minimum absolute atomic E-state index is 0.230. The van der Waals surface area contributed by atoms with Gasteiger partial charge in [-0.3, -0.25) is 0 Å². The predicted molar refractivity (Wildman–Crippen MR) is 96.4 cm³/mol. The molecule has 0 radical (unpaired) electrons. The van der Waals surface area contributed by atoms with E-state index in [0.29, 0.717) is 0 Å². The third kappa shape index (κ3) is 2.49. The van der Waals surface area contributed by atoms with Crippen LogP contribution in [0.2, 0.25) is 0 Å². The number of halogens is 1. The van der Waals surface area contributed by atoms with Crippen molar-refractivity contribution in [1.29, 1.82) is 0 Å². The molecule has 0 N–H and O–H groups in total. The summed E-state index contributed by atoms with van der Waals surface area (Å²) in [4.78, 5) is 4.87. The van der Waals surface area contributed by atoms with E-state index in [0.717, 1.165) is 26.5 Å². The molecule has 0 amide bonds. The van der Waals surface area contributed by atoms with Crippen LogP contribution in [0.3, 0.4) is 0 Å². The van der Waals surface area contributed by atoms with E-state index < -0.39 is 0 Å². The van der Waals surface area contributed by atoms with Crippen LogP contribution in [-0.2, 0) is 7.05 Å². The number of pyridine rings is 1.